The van der Waals surface area contributed by atoms with Gasteiger partial charge in [-0.05, 0) is 49.6 Å². The number of unbranched alkanes of at least 4 members (excludes halogenated alkanes) is 2. The van der Waals surface area contributed by atoms with Crippen molar-refractivity contribution in [3.05, 3.63) is 59.9 Å². The lowest BCUT2D eigenvalue weighted by molar-refractivity contribution is -0.124. The summed E-state index contributed by atoms with van der Waals surface area (Å²) < 4.78 is 13.0. The monoisotopic (exact) mass is 409 g/mol. The van der Waals surface area contributed by atoms with Crippen molar-refractivity contribution in [1.82, 2.24) is 14.9 Å². The van der Waals surface area contributed by atoms with Crippen LogP contribution in [0.2, 0.25) is 0 Å². The zero-order valence-electron chi connectivity index (χ0n) is 17.9. The minimum atomic E-state index is -0.0621. The predicted molar refractivity (Wildman–Crippen MR) is 119 cm³/mol. The van der Waals surface area contributed by atoms with Gasteiger partial charge in [-0.15, -0.1) is 0 Å². The molecule has 0 saturated carbocycles. The molecule has 1 N–H and O–H groups in total. The van der Waals surface area contributed by atoms with Crippen molar-refractivity contribution in [3.8, 4) is 5.75 Å². The van der Waals surface area contributed by atoms with E-state index in [1.807, 2.05) is 18.2 Å². The molecule has 3 aromatic rings. The minimum Gasteiger partial charge on any atom is -0.492 e. The molecular weight excluding hydrogens is 378 g/mol. The average Bonchev–Trinajstić information content (AvgIpc) is 3.08. The zero-order chi connectivity index (χ0) is 21.2. The van der Waals surface area contributed by atoms with Gasteiger partial charge in [-0.2, -0.15) is 0 Å². The third-order valence-corrected chi connectivity index (χ3v) is 4.98. The first kappa shape index (κ1) is 21.8. The normalized spacial score (nSPS) is 11.0. The van der Waals surface area contributed by atoms with Gasteiger partial charge in [-0.3, -0.25) is 4.79 Å². The first-order valence-electron chi connectivity index (χ1n) is 10.6. The molecule has 0 spiro atoms. The summed E-state index contributed by atoms with van der Waals surface area (Å²) in [7, 11) is 1.53. The quantitative estimate of drug-likeness (QED) is 0.461. The molecule has 0 unspecified atom stereocenters. The Morgan fingerprint density at radius 3 is 2.80 bits per heavy atom. The fraction of sp³-hybridized carbons (Fsp3) is 0.417. The number of imidazole rings is 1. The summed E-state index contributed by atoms with van der Waals surface area (Å²) in [5, 5.41) is 2.86. The van der Waals surface area contributed by atoms with Gasteiger partial charge in [0.1, 0.15) is 24.8 Å². The Kier molecular flexibility index (Phi) is 8.27. The highest BCUT2D eigenvalue weighted by molar-refractivity contribution is 5.77. The maximum absolute atomic E-state index is 11.4. The maximum Gasteiger partial charge on any atom is 0.245 e. The molecular formula is C24H31N3O3. The number of ether oxygens (including phenoxy) is 2. The number of fused-ring (bicyclic) bond motifs is 1. The number of nitrogens with one attached hydrogen (secondary N) is 1. The van der Waals surface area contributed by atoms with E-state index in [0.717, 1.165) is 54.8 Å². The van der Waals surface area contributed by atoms with Crippen LogP contribution in [0.4, 0.5) is 0 Å². The molecule has 1 aromatic heterocycles. The van der Waals surface area contributed by atoms with Crippen LogP contribution < -0.4 is 10.1 Å². The van der Waals surface area contributed by atoms with Crippen LogP contribution in [0.1, 0.15) is 30.7 Å². The van der Waals surface area contributed by atoms with E-state index < -0.39 is 0 Å². The Labute approximate surface area is 178 Å². The Morgan fingerprint density at radius 2 is 1.97 bits per heavy atom. The van der Waals surface area contributed by atoms with E-state index in [-0.39, 0.29) is 12.5 Å². The second-order valence-corrected chi connectivity index (χ2v) is 7.43. The second-order valence-electron chi connectivity index (χ2n) is 7.43. The fourth-order valence-electron chi connectivity index (χ4n) is 3.52. The molecule has 1 amide bonds. The third-order valence-electron chi connectivity index (χ3n) is 4.98. The summed E-state index contributed by atoms with van der Waals surface area (Å²) >= 11 is 0. The molecule has 0 atom stereocenters. The number of aromatic nitrogens is 2. The van der Waals surface area contributed by atoms with E-state index in [2.05, 4.69) is 47.1 Å². The topological polar surface area (TPSA) is 65.4 Å². The van der Waals surface area contributed by atoms with Crippen LogP contribution in [0, 0.1) is 6.92 Å². The summed E-state index contributed by atoms with van der Waals surface area (Å²) in [5.41, 5.74) is 3.36. The number of methoxy groups -OCH3 is 1. The number of para-hydroxylation sites is 2. The number of rotatable bonds is 12. The number of hydrogen-bond acceptors (Lipinski definition) is 4. The van der Waals surface area contributed by atoms with Crippen molar-refractivity contribution in [2.24, 2.45) is 0 Å². The first-order valence-corrected chi connectivity index (χ1v) is 10.6. The van der Waals surface area contributed by atoms with E-state index in [1.165, 1.54) is 12.7 Å². The van der Waals surface area contributed by atoms with Crippen molar-refractivity contribution in [2.75, 3.05) is 26.9 Å². The van der Waals surface area contributed by atoms with Crippen molar-refractivity contribution in [3.63, 3.8) is 0 Å². The standard InChI is InChI=1S/C24H31N3O3/c1-19-9-8-10-20(17-19)30-16-15-27-22-12-6-5-11-21(22)26-23(27)13-4-3-7-14-25-24(28)18-29-2/h5-6,8-12,17H,3-4,7,13-16,18H2,1-2H3,(H,25,28). The Morgan fingerprint density at radius 1 is 1.10 bits per heavy atom. The Balaban J connectivity index is 1.53. The van der Waals surface area contributed by atoms with Crippen molar-refractivity contribution >= 4 is 16.9 Å². The van der Waals surface area contributed by atoms with Gasteiger partial charge in [-0.1, -0.05) is 30.7 Å². The number of nitrogens with zero attached hydrogens (tertiary/aromatic N) is 2. The molecule has 0 aliphatic carbocycles. The number of carbonyl (C=O) groups excluding carboxylic acids is 1. The summed E-state index contributed by atoms with van der Waals surface area (Å²) in [5.74, 6) is 1.93. The highest BCUT2D eigenvalue weighted by Gasteiger charge is 2.10. The third kappa shape index (κ3) is 6.32. The summed E-state index contributed by atoms with van der Waals surface area (Å²) in [6, 6.07) is 16.4. The van der Waals surface area contributed by atoms with Crippen molar-refractivity contribution in [2.45, 2.75) is 39.2 Å². The lowest BCUT2D eigenvalue weighted by atomic mass is 10.2. The second kappa shape index (κ2) is 11.4. The van der Waals surface area contributed by atoms with Gasteiger partial charge in [-0.25, -0.2) is 4.98 Å². The van der Waals surface area contributed by atoms with Gasteiger partial charge in [0.2, 0.25) is 5.91 Å². The molecule has 0 aliphatic rings. The van der Waals surface area contributed by atoms with Crippen LogP contribution in [-0.2, 0) is 22.5 Å². The van der Waals surface area contributed by atoms with Gasteiger partial charge < -0.3 is 19.4 Å². The van der Waals surface area contributed by atoms with Crippen LogP contribution >= 0.6 is 0 Å². The minimum absolute atomic E-state index is 0.0621. The lowest BCUT2D eigenvalue weighted by Crippen LogP contribution is -2.27. The van der Waals surface area contributed by atoms with E-state index >= 15 is 0 Å². The summed E-state index contributed by atoms with van der Waals surface area (Å²) in [6.45, 7) is 4.23. The average molecular weight is 410 g/mol. The molecule has 6 nitrogen and oxygen atoms in total. The molecule has 0 bridgehead atoms. The number of hydrogen-bond donors (Lipinski definition) is 1. The SMILES string of the molecule is COCC(=O)NCCCCCc1nc2ccccc2n1CCOc1cccc(C)c1. The molecule has 30 heavy (non-hydrogen) atoms. The Hall–Kier alpha value is -2.86. The molecule has 3 rings (SSSR count). The molecule has 0 saturated heterocycles. The number of amides is 1. The van der Waals surface area contributed by atoms with Gasteiger partial charge in [0.05, 0.1) is 17.6 Å². The molecule has 1 heterocycles. The van der Waals surface area contributed by atoms with Crippen LogP contribution in [0.5, 0.6) is 5.75 Å². The lowest BCUT2D eigenvalue weighted by Gasteiger charge is -2.11. The van der Waals surface area contributed by atoms with Crippen molar-refractivity contribution < 1.29 is 14.3 Å². The van der Waals surface area contributed by atoms with Crippen LogP contribution in [-0.4, -0.2) is 42.3 Å². The van der Waals surface area contributed by atoms with Gasteiger partial charge in [0.25, 0.3) is 0 Å². The van der Waals surface area contributed by atoms with Crippen LogP contribution in [0.25, 0.3) is 11.0 Å². The van der Waals surface area contributed by atoms with E-state index in [4.69, 9.17) is 14.5 Å². The van der Waals surface area contributed by atoms with Gasteiger partial charge in [0.15, 0.2) is 0 Å². The summed E-state index contributed by atoms with van der Waals surface area (Å²) in [6.07, 6.45) is 3.93. The number of carbonyl (C=O) groups is 1. The van der Waals surface area contributed by atoms with E-state index in [1.54, 1.807) is 0 Å². The first-order chi connectivity index (χ1) is 14.7. The molecule has 160 valence electrons. The largest absolute Gasteiger partial charge is 0.492 e. The molecule has 0 aliphatic heterocycles. The summed E-state index contributed by atoms with van der Waals surface area (Å²) in [4.78, 5) is 16.2. The van der Waals surface area contributed by atoms with Gasteiger partial charge in [0, 0.05) is 20.1 Å². The Bertz CT molecular complexity index is 952. The highest BCUT2D eigenvalue weighted by Crippen LogP contribution is 2.18. The molecule has 0 fully saturated rings. The van der Waals surface area contributed by atoms with Crippen molar-refractivity contribution in [1.29, 1.82) is 0 Å². The smallest absolute Gasteiger partial charge is 0.245 e. The predicted octanol–water partition coefficient (Wildman–Crippen LogP) is 3.90. The molecule has 2 aromatic carbocycles. The number of benzene rings is 2. The maximum atomic E-state index is 11.4. The fourth-order valence-corrected chi connectivity index (χ4v) is 3.52. The van der Waals surface area contributed by atoms with Crippen LogP contribution in [0.3, 0.4) is 0 Å². The van der Waals surface area contributed by atoms with Crippen LogP contribution in [0.15, 0.2) is 48.5 Å². The zero-order valence-corrected chi connectivity index (χ0v) is 17.9. The highest BCUT2D eigenvalue weighted by atomic mass is 16.5. The van der Waals surface area contributed by atoms with Gasteiger partial charge >= 0.3 is 0 Å². The van der Waals surface area contributed by atoms with E-state index in [9.17, 15) is 4.79 Å². The van der Waals surface area contributed by atoms with E-state index in [0.29, 0.717) is 13.2 Å². The number of aryl methyl sites for hydroxylation is 2. The molecule has 0 radical (unpaired) electrons. The molecule has 6 heteroatoms.